The molecule has 25 heavy (non-hydrogen) atoms. The van der Waals surface area contributed by atoms with Crippen molar-refractivity contribution in [3.63, 3.8) is 0 Å². The number of amides is 1. The predicted molar refractivity (Wildman–Crippen MR) is 95.8 cm³/mol. The zero-order valence-electron chi connectivity index (χ0n) is 12.9. The van der Waals surface area contributed by atoms with Crippen molar-refractivity contribution in [2.24, 2.45) is 0 Å². The molecule has 0 bridgehead atoms. The van der Waals surface area contributed by atoms with Crippen LogP contribution in [0.3, 0.4) is 0 Å². The molecule has 0 aliphatic rings. The Morgan fingerprint density at radius 1 is 1.04 bits per heavy atom. The second-order valence-electron chi connectivity index (χ2n) is 5.66. The molecule has 0 saturated carbocycles. The van der Waals surface area contributed by atoms with Gasteiger partial charge in [0.25, 0.3) is 0 Å². The number of nitrogens with one attached hydrogen (secondary N) is 1. The molecule has 4 aromatic rings. The van der Waals surface area contributed by atoms with Crippen LogP contribution in [0.2, 0.25) is 0 Å². The minimum atomic E-state index is -0.735. The molecule has 1 amide bonds. The van der Waals surface area contributed by atoms with Crippen molar-refractivity contribution < 1.29 is 13.6 Å². The van der Waals surface area contributed by atoms with Crippen LogP contribution in [-0.2, 0) is 11.2 Å². The number of thiazole rings is 1. The number of carbonyl (C=O) groups is 1. The van der Waals surface area contributed by atoms with Crippen molar-refractivity contribution in [1.82, 2.24) is 4.98 Å². The van der Waals surface area contributed by atoms with Gasteiger partial charge in [-0.25, -0.2) is 13.8 Å². The van der Waals surface area contributed by atoms with Gasteiger partial charge in [-0.05, 0) is 22.4 Å². The van der Waals surface area contributed by atoms with Gasteiger partial charge in [0, 0.05) is 6.07 Å². The van der Waals surface area contributed by atoms with E-state index in [9.17, 15) is 13.6 Å². The smallest absolute Gasteiger partial charge is 0.230 e. The third kappa shape index (κ3) is 3.21. The highest BCUT2D eigenvalue weighted by molar-refractivity contribution is 7.22. The largest absolute Gasteiger partial charge is 0.302 e. The van der Waals surface area contributed by atoms with E-state index in [1.807, 2.05) is 42.5 Å². The molecule has 0 aliphatic heterocycles. The molecule has 0 aliphatic carbocycles. The van der Waals surface area contributed by atoms with Crippen LogP contribution in [0.5, 0.6) is 0 Å². The maximum absolute atomic E-state index is 13.7. The number of carbonyl (C=O) groups excluding carboxylic acids is 1. The molecule has 0 spiro atoms. The summed E-state index contributed by atoms with van der Waals surface area (Å²) in [5.41, 5.74) is 0.932. The molecule has 1 N–H and O–H groups in total. The van der Waals surface area contributed by atoms with E-state index in [0.29, 0.717) is 4.70 Å². The fourth-order valence-electron chi connectivity index (χ4n) is 2.71. The van der Waals surface area contributed by atoms with Crippen LogP contribution in [0.1, 0.15) is 5.56 Å². The number of rotatable bonds is 3. The van der Waals surface area contributed by atoms with Crippen molar-refractivity contribution >= 4 is 43.4 Å². The lowest BCUT2D eigenvalue weighted by Gasteiger charge is -2.04. The van der Waals surface area contributed by atoms with Gasteiger partial charge in [-0.1, -0.05) is 53.8 Å². The Balaban J connectivity index is 1.54. The van der Waals surface area contributed by atoms with E-state index in [2.05, 4.69) is 10.3 Å². The normalized spacial score (nSPS) is 11.1. The lowest BCUT2D eigenvalue weighted by Crippen LogP contribution is -2.14. The summed E-state index contributed by atoms with van der Waals surface area (Å²) in [5, 5.41) is 5.08. The van der Waals surface area contributed by atoms with Gasteiger partial charge < -0.3 is 5.32 Å². The average molecular weight is 354 g/mol. The van der Waals surface area contributed by atoms with Gasteiger partial charge in [0.05, 0.1) is 11.1 Å². The Bertz CT molecular complexity index is 1110. The summed E-state index contributed by atoms with van der Waals surface area (Å²) in [6, 6.07) is 15.7. The molecule has 3 nitrogen and oxygen atoms in total. The molecular weight excluding hydrogens is 342 g/mol. The van der Waals surface area contributed by atoms with Crippen molar-refractivity contribution in [3.8, 4) is 0 Å². The Kier molecular flexibility index (Phi) is 3.89. The van der Waals surface area contributed by atoms with E-state index in [1.54, 1.807) is 0 Å². The highest BCUT2D eigenvalue weighted by Crippen LogP contribution is 2.28. The maximum atomic E-state index is 13.7. The Hall–Kier alpha value is -2.86. The average Bonchev–Trinajstić information content (AvgIpc) is 2.97. The topological polar surface area (TPSA) is 42.0 Å². The van der Waals surface area contributed by atoms with Gasteiger partial charge in [0.2, 0.25) is 5.91 Å². The molecule has 1 heterocycles. The van der Waals surface area contributed by atoms with Gasteiger partial charge in [0.1, 0.15) is 11.3 Å². The number of benzene rings is 3. The first-order chi connectivity index (χ1) is 12.1. The standard InChI is InChI=1S/C19H12F2N2OS/c20-14-9-15(21)18-16(10-14)25-19(23-18)22-17(24)8-11-5-6-12-3-1-2-4-13(12)7-11/h1-7,9-10H,8H2,(H,22,23,24). The number of nitrogens with zero attached hydrogens (tertiary/aromatic N) is 1. The Morgan fingerprint density at radius 3 is 2.68 bits per heavy atom. The molecule has 0 fully saturated rings. The second kappa shape index (κ2) is 6.22. The quantitative estimate of drug-likeness (QED) is 0.568. The predicted octanol–water partition coefficient (Wildman–Crippen LogP) is 4.91. The molecule has 0 radical (unpaired) electrons. The summed E-state index contributed by atoms with van der Waals surface area (Å²) in [6.07, 6.45) is 0.178. The van der Waals surface area contributed by atoms with Crippen LogP contribution >= 0.6 is 11.3 Å². The molecule has 124 valence electrons. The minimum absolute atomic E-state index is 0.0624. The maximum Gasteiger partial charge on any atom is 0.230 e. The monoisotopic (exact) mass is 354 g/mol. The highest BCUT2D eigenvalue weighted by Gasteiger charge is 2.13. The first-order valence-electron chi connectivity index (χ1n) is 7.61. The van der Waals surface area contributed by atoms with E-state index in [-0.39, 0.29) is 23.0 Å². The molecule has 4 rings (SSSR count). The van der Waals surface area contributed by atoms with Crippen LogP contribution in [0.15, 0.2) is 54.6 Å². The summed E-state index contributed by atoms with van der Waals surface area (Å²) >= 11 is 1.04. The Morgan fingerprint density at radius 2 is 1.84 bits per heavy atom. The third-order valence-corrected chi connectivity index (χ3v) is 4.76. The number of aromatic nitrogens is 1. The van der Waals surface area contributed by atoms with E-state index >= 15 is 0 Å². The van der Waals surface area contributed by atoms with Gasteiger partial charge in [0.15, 0.2) is 10.9 Å². The van der Waals surface area contributed by atoms with Gasteiger partial charge in [-0.2, -0.15) is 0 Å². The van der Waals surface area contributed by atoms with Crippen LogP contribution in [0.25, 0.3) is 21.0 Å². The van der Waals surface area contributed by atoms with E-state index in [0.717, 1.165) is 33.7 Å². The number of fused-ring (bicyclic) bond motifs is 2. The fraction of sp³-hybridized carbons (Fsp3) is 0.0526. The highest BCUT2D eigenvalue weighted by atomic mass is 32.1. The van der Waals surface area contributed by atoms with Crippen LogP contribution in [-0.4, -0.2) is 10.9 Å². The molecule has 0 atom stereocenters. The summed E-state index contributed by atoms with van der Waals surface area (Å²) in [4.78, 5) is 16.3. The number of anilines is 1. The lowest BCUT2D eigenvalue weighted by atomic mass is 10.1. The first-order valence-corrected chi connectivity index (χ1v) is 8.43. The van der Waals surface area contributed by atoms with Crippen molar-refractivity contribution in [1.29, 1.82) is 0 Å². The Labute approximate surface area is 145 Å². The van der Waals surface area contributed by atoms with E-state index < -0.39 is 11.6 Å². The summed E-state index contributed by atoms with van der Waals surface area (Å²) < 4.78 is 27.3. The van der Waals surface area contributed by atoms with Crippen molar-refractivity contribution in [2.45, 2.75) is 6.42 Å². The first kappa shape index (κ1) is 15.7. The van der Waals surface area contributed by atoms with Crippen molar-refractivity contribution in [3.05, 3.63) is 71.8 Å². The summed E-state index contributed by atoms with van der Waals surface area (Å²) in [5.74, 6) is -1.65. The SMILES string of the molecule is O=C(Cc1ccc2ccccc2c1)Nc1nc2c(F)cc(F)cc2s1. The van der Waals surface area contributed by atoms with Crippen LogP contribution < -0.4 is 5.32 Å². The molecule has 6 heteroatoms. The van der Waals surface area contributed by atoms with Crippen molar-refractivity contribution in [2.75, 3.05) is 5.32 Å². The zero-order valence-corrected chi connectivity index (χ0v) is 13.7. The summed E-state index contributed by atoms with van der Waals surface area (Å²) in [6.45, 7) is 0. The van der Waals surface area contributed by atoms with Crippen LogP contribution in [0.4, 0.5) is 13.9 Å². The minimum Gasteiger partial charge on any atom is -0.302 e. The van der Waals surface area contributed by atoms with Gasteiger partial charge >= 0.3 is 0 Å². The van der Waals surface area contributed by atoms with E-state index in [1.165, 1.54) is 6.07 Å². The number of hydrogen-bond donors (Lipinski definition) is 1. The molecule has 1 aromatic heterocycles. The number of halogens is 2. The lowest BCUT2D eigenvalue weighted by molar-refractivity contribution is -0.115. The molecular formula is C19H12F2N2OS. The van der Waals surface area contributed by atoms with E-state index in [4.69, 9.17) is 0 Å². The second-order valence-corrected chi connectivity index (χ2v) is 6.69. The zero-order chi connectivity index (χ0) is 17.4. The molecule has 0 unspecified atom stereocenters. The molecule has 3 aromatic carbocycles. The fourth-order valence-corrected chi connectivity index (χ4v) is 3.63. The summed E-state index contributed by atoms with van der Waals surface area (Å²) in [7, 11) is 0. The van der Waals surface area contributed by atoms with Gasteiger partial charge in [-0.15, -0.1) is 0 Å². The third-order valence-electron chi connectivity index (χ3n) is 3.84. The van der Waals surface area contributed by atoms with Crippen LogP contribution in [0, 0.1) is 11.6 Å². The number of hydrogen-bond acceptors (Lipinski definition) is 3. The van der Waals surface area contributed by atoms with Gasteiger partial charge in [-0.3, -0.25) is 4.79 Å². The molecule has 0 saturated heterocycles.